The van der Waals surface area contributed by atoms with Crippen molar-refractivity contribution in [1.82, 2.24) is 19.5 Å². The lowest BCUT2D eigenvalue weighted by molar-refractivity contribution is -0.191. The third-order valence-electron chi connectivity index (χ3n) is 5.67. The first-order chi connectivity index (χ1) is 16.0. The molecule has 188 valence electrons. The summed E-state index contributed by atoms with van der Waals surface area (Å²) in [6.07, 6.45) is 0.318. The van der Waals surface area contributed by atoms with Gasteiger partial charge in [-0.25, -0.2) is 4.98 Å². The van der Waals surface area contributed by atoms with Gasteiger partial charge in [0.25, 0.3) is 0 Å². The Morgan fingerprint density at radius 3 is 2.56 bits per heavy atom. The van der Waals surface area contributed by atoms with E-state index < -0.39 is 38.5 Å². The first kappa shape index (κ1) is 26.6. The van der Waals surface area contributed by atoms with Crippen molar-refractivity contribution < 1.29 is 43.6 Å². The Hall–Kier alpha value is -1.99. The summed E-state index contributed by atoms with van der Waals surface area (Å²) >= 11 is 6.15. The van der Waals surface area contributed by atoms with Gasteiger partial charge in [-0.15, -0.1) is 0 Å². The highest BCUT2D eigenvalue weighted by molar-refractivity contribution is 7.51. The topological polar surface area (TPSA) is 206 Å². The largest absolute Gasteiger partial charge is 0.387 e. The van der Waals surface area contributed by atoms with Gasteiger partial charge >= 0.3 is 13.7 Å². The van der Waals surface area contributed by atoms with E-state index in [4.69, 9.17) is 40.5 Å². The van der Waals surface area contributed by atoms with Gasteiger partial charge in [-0.1, -0.05) is 12.8 Å². The maximum atomic E-state index is 10.9. The second kappa shape index (κ2) is 10.7. The predicted molar refractivity (Wildman–Crippen MR) is 115 cm³/mol. The highest BCUT2D eigenvalue weighted by atomic mass is 35.5. The number of ether oxygens (including phenoxy) is 2. The number of hydrogen-bond acceptors (Lipinski definition) is 11. The van der Waals surface area contributed by atoms with Gasteiger partial charge in [-0.05, 0) is 31.4 Å². The minimum atomic E-state index is -4.36. The number of rotatable bonds is 7. The van der Waals surface area contributed by atoms with Crippen molar-refractivity contribution in [2.75, 3.05) is 18.3 Å². The van der Waals surface area contributed by atoms with Crippen LogP contribution in [0.2, 0.25) is 5.28 Å². The van der Waals surface area contributed by atoms with Gasteiger partial charge in [0.05, 0.1) is 12.9 Å². The van der Waals surface area contributed by atoms with Crippen molar-refractivity contribution in [1.29, 1.82) is 0 Å². The highest BCUT2D eigenvalue weighted by Gasteiger charge is 2.44. The molecule has 1 saturated carbocycles. The predicted octanol–water partition coefficient (Wildman–Crippen LogP) is 0.412. The molecule has 14 nitrogen and oxygen atoms in total. The molecule has 2 aromatic rings. The van der Waals surface area contributed by atoms with Crippen LogP contribution in [0.5, 0.6) is 0 Å². The van der Waals surface area contributed by atoms with E-state index in [1.165, 1.54) is 10.9 Å². The van der Waals surface area contributed by atoms with E-state index in [2.05, 4.69) is 27.2 Å². The number of aliphatic hydroxyl groups excluding tert-OH is 2. The number of hydrogen-bond donors (Lipinski definition) is 5. The van der Waals surface area contributed by atoms with Crippen molar-refractivity contribution in [2.24, 2.45) is 0 Å². The molecule has 0 amide bonds. The molecular formula is C18H25ClN5O9P. The summed E-state index contributed by atoms with van der Waals surface area (Å²) in [6.45, 7) is 1.80. The molecule has 1 saturated heterocycles. The number of carbonyl (C=O) groups excluding carboxylic acids is 2. The van der Waals surface area contributed by atoms with Gasteiger partial charge in [0, 0.05) is 5.54 Å². The number of halogens is 1. The van der Waals surface area contributed by atoms with Crippen molar-refractivity contribution in [3.63, 3.8) is 0 Å². The molecule has 2 aromatic heterocycles. The molecule has 2 fully saturated rings. The van der Waals surface area contributed by atoms with Crippen LogP contribution in [0.25, 0.3) is 11.2 Å². The third kappa shape index (κ3) is 6.16. The Kier molecular flexibility index (Phi) is 8.40. The number of nitrogens with one attached hydrogen (secondary N) is 1. The molecule has 0 aromatic carbocycles. The lowest BCUT2D eigenvalue weighted by Gasteiger charge is -2.26. The minimum absolute atomic E-state index is 0.00657. The van der Waals surface area contributed by atoms with Crippen molar-refractivity contribution >= 4 is 42.3 Å². The monoisotopic (exact) mass is 521 g/mol. The Morgan fingerprint density at radius 1 is 1.29 bits per heavy atom. The number of fused-ring (bicyclic) bond motifs is 1. The first-order valence-corrected chi connectivity index (χ1v) is 12.5. The van der Waals surface area contributed by atoms with Crippen LogP contribution < -0.4 is 5.32 Å². The fraction of sp³-hybridized carbons (Fsp3) is 0.667. The summed E-state index contributed by atoms with van der Waals surface area (Å²) in [5, 5.41) is 24.2. The molecule has 1 aliphatic heterocycles. The lowest BCUT2D eigenvalue weighted by Crippen LogP contribution is -2.34. The maximum absolute atomic E-state index is 10.9. The van der Waals surface area contributed by atoms with E-state index in [0.717, 1.165) is 25.7 Å². The Balaban J connectivity index is 0.00000103. The molecule has 0 radical (unpaired) electrons. The van der Waals surface area contributed by atoms with E-state index >= 15 is 0 Å². The van der Waals surface area contributed by atoms with Gasteiger partial charge in [0.2, 0.25) is 5.28 Å². The molecule has 34 heavy (non-hydrogen) atoms. The van der Waals surface area contributed by atoms with Crippen LogP contribution >= 0.6 is 19.2 Å². The summed E-state index contributed by atoms with van der Waals surface area (Å²) in [4.78, 5) is 46.9. The van der Waals surface area contributed by atoms with E-state index in [9.17, 15) is 14.8 Å². The van der Waals surface area contributed by atoms with E-state index in [1.54, 1.807) is 0 Å². The molecule has 2 aliphatic rings. The molecule has 4 rings (SSSR count). The van der Waals surface area contributed by atoms with Gasteiger partial charge in [0.1, 0.15) is 24.7 Å². The summed E-state index contributed by atoms with van der Waals surface area (Å²) in [6, 6.07) is 0. The smallest absolute Gasteiger partial charge is 0.373 e. The fourth-order valence-corrected chi connectivity index (χ4v) is 4.62. The number of nitrogens with zero attached hydrogens (tertiary/aromatic N) is 4. The van der Waals surface area contributed by atoms with Crippen LogP contribution in [-0.2, 0) is 23.6 Å². The molecule has 4 atom stereocenters. The zero-order valence-electron chi connectivity index (χ0n) is 18.1. The molecule has 1 aliphatic carbocycles. The van der Waals surface area contributed by atoms with Crippen molar-refractivity contribution in [3.8, 4) is 0 Å². The highest BCUT2D eigenvalue weighted by Crippen LogP contribution is 2.37. The third-order valence-corrected chi connectivity index (χ3v) is 6.36. The molecule has 5 N–H and O–H groups in total. The molecule has 16 heteroatoms. The average molecular weight is 522 g/mol. The normalized spacial score (nSPS) is 26.2. The molecular weight excluding hydrogens is 497 g/mol. The van der Waals surface area contributed by atoms with Crippen LogP contribution in [0.15, 0.2) is 6.33 Å². The second-order valence-corrected chi connectivity index (χ2v) is 10.3. The summed E-state index contributed by atoms with van der Waals surface area (Å²) in [5.41, 5.74) is 0.635. The summed E-state index contributed by atoms with van der Waals surface area (Å²) in [5.74, 6) is 0.479. The molecule has 0 spiro atoms. The van der Waals surface area contributed by atoms with Gasteiger partial charge in [0.15, 0.2) is 23.2 Å². The number of aromatic nitrogens is 4. The minimum Gasteiger partial charge on any atom is -0.387 e. The lowest BCUT2D eigenvalue weighted by atomic mass is 10.0. The van der Waals surface area contributed by atoms with Crippen LogP contribution in [0, 0.1) is 0 Å². The molecule has 0 bridgehead atoms. The molecule has 3 heterocycles. The Bertz CT molecular complexity index is 1080. The van der Waals surface area contributed by atoms with E-state index in [0.29, 0.717) is 17.0 Å². The molecule has 0 unspecified atom stereocenters. The standard InChI is InChI=1S/C17H25ClN5O7P.CO2/c1-17(4-2-3-5-17)22-13-10-14(21-16(18)20-13)23(7-19-10)15-12(25)11(24)9(30-15)6-29-8-31(26,27)28;2-1-3/h7,9,11-12,15,24-25H,2-6,8H2,1H3,(H,20,21,22)(H2,26,27,28);/t9-,11-,12-,15-;/m1./s1. The number of aliphatic hydroxyl groups is 2. The van der Waals surface area contributed by atoms with Gasteiger partial charge in [-0.3, -0.25) is 9.13 Å². The van der Waals surface area contributed by atoms with Crippen LogP contribution in [0.3, 0.4) is 0 Å². The Morgan fingerprint density at radius 2 is 1.94 bits per heavy atom. The maximum Gasteiger partial charge on any atom is 0.373 e. The first-order valence-electron chi connectivity index (χ1n) is 10.3. The van der Waals surface area contributed by atoms with Crippen LogP contribution in [0.1, 0.15) is 38.8 Å². The fourth-order valence-electron chi connectivity index (χ4n) is 4.11. The zero-order chi connectivity index (χ0) is 25.1. The second-order valence-electron chi connectivity index (χ2n) is 8.35. The SMILES string of the molecule is CC1(Nc2nc(Cl)nc3c2ncn3[C@@H]2O[C@H](COCP(=O)(O)O)[C@@H](O)[C@H]2O)CCCC1.O=C=O. The van der Waals surface area contributed by atoms with Crippen molar-refractivity contribution in [2.45, 2.75) is 62.7 Å². The number of imidazole rings is 1. The van der Waals surface area contributed by atoms with Crippen LogP contribution in [-0.4, -0.2) is 82.5 Å². The van der Waals surface area contributed by atoms with Crippen LogP contribution in [0.4, 0.5) is 5.82 Å². The van der Waals surface area contributed by atoms with Gasteiger partial charge in [-0.2, -0.15) is 19.6 Å². The summed E-state index contributed by atoms with van der Waals surface area (Å²) < 4.78 is 23.0. The number of anilines is 1. The van der Waals surface area contributed by atoms with E-state index in [-0.39, 0.29) is 23.6 Å². The average Bonchev–Trinajstić information content (AvgIpc) is 3.42. The zero-order valence-corrected chi connectivity index (χ0v) is 19.7. The summed E-state index contributed by atoms with van der Waals surface area (Å²) in [7, 11) is -4.36. The Labute approximate surface area is 198 Å². The van der Waals surface area contributed by atoms with Gasteiger partial charge < -0.3 is 34.8 Å². The quantitative estimate of drug-likeness (QED) is 0.247. The van der Waals surface area contributed by atoms with Crippen molar-refractivity contribution in [3.05, 3.63) is 11.6 Å². The van der Waals surface area contributed by atoms with E-state index in [1.807, 2.05) is 0 Å².